The first-order valence-electron chi connectivity index (χ1n) is 7.84. The van der Waals surface area contributed by atoms with Crippen molar-refractivity contribution in [2.75, 3.05) is 0 Å². The Hall–Kier alpha value is -2.57. The summed E-state index contributed by atoms with van der Waals surface area (Å²) < 4.78 is 41.3. The van der Waals surface area contributed by atoms with Crippen LogP contribution in [0.1, 0.15) is 32.0 Å². The van der Waals surface area contributed by atoms with Crippen molar-refractivity contribution in [3.63, 3.8) is 0 Å². The van der Waals surface area contributed by atoms with Crippen molar-refractivity contribution < 1.29 is 13.2 Å². The first-order valence-corrected chi connectivity index (χ1v) is 7.84. The molecule has 0 aliphatic rings. The van der Waals surface area contributed by atoms with E-state index < -0.39 is 11.7 Å². The van der Waals surface area contributed by atoms with Gasteiger partial charge in [0.25, 0.3) is 0 Å². The Morgan fingerprint density at radius 2 is 1.76 bits per heavy atom. The number of aromatic amines is 1. The van der Waals surface area contributed by atoms with Crippen LogP contribution < -0.4 is 0 Å². The molecule has 0 unspecified atom stereocenters. The lowest BCUT2D eigenvalue weighted by Gasteiger charge is -2.13. The molecular weight excluding hydrogens is 329 g/mol. The third-order valence-electron chi connectivity index (χ3n) is 3.99. The maximum atomic E-state index is 13.2. The van der Waals surface area contributed by atoms with Crippen LogP contribution in [0.25, 0.3) is 22.8 Å². The van der Waals surface area contributed by atoms with Gasteiger partial charge in [-0.25, -0.2) is 4.98 Å². The van der Waals surface area contributed by atoms with Crippen molar-refractivity contribution in [3.8, 4) is 22.8 Å². The van der Waals surface area contributed by atoms with Crippen LogP contribution in [-0.2, 0) is 18.6 Å². The Bertz CT molecular complexity index is 898. The second-order valence-electron chi connectivity index (χ2n) is 6.98. The highest BCUT2D eigenvalue weighted by atomic mass is 19.4. The summed E-state index contributed by atoms with van der Waals surface area (Å²) in [5.41, 5.74) is 1.19. The van der Waals surface area contributed by atoms with Crippen molar-refractivity contribution >= 4 is 0 Å². The lowest BCUT2D eigenvalue weighted by atomic mass is 9.92. The van der Waals surface area contributed by atoms with Gasteiger partial charge in [-0.05, 0) is 12.1 Å². The van der Waals surface area contributed by atoms with Gasteiger partial charge in [0.2, 0.25) is 0 Å². The third-order valence-corrected chi connectivity index (χ3v) is 3.99. The SMILES string of the molecule is Cn1nc(C(C)(C)C)cc1-c1ncc(-c2ccccc2C(F)(F)F)[nH]1. The molecular formula is C18H19F3N4. The number of H-pyrrole nitrogens is 1. The lowest BCUT2D eigenvalue weighted by Crippen LogP contribution is -2.12. The van der Waals surface area contributed by atoms with E-state index in [2.05, 4.69) is 15.1 Å². The van der Waals surface area contributed by atoms with E-state index in [1.165, 1.54) is 18.3 Å². The van der Waals surface area contributed by atoms with Gasteiger partial charge in [0.05, 0.1) is 23.1 Å². The minimum Gasteiger partial charge on any atom is -0.337 e. The number of aryl methyl sites for hydroxylation is 1. The molecule has 0 bridgehead atoms. The number of nitrogens with zero attached hydrogens (tertiary/aromatic N) is 3. The molecule has 0 fully saturated rings. The van der Waals surface area contributed by atoms with Gasteiger partial charge in [-0.1, -0.05) is 39.0 Å². The molecule has 0 aliphatic heterocycles. The number of nitrogens with one attached hydrogen (secondary N) is 1. The van der Waals surface area contributed by atoms with Crippen LogP contribution >= 0.6 is 0 Å². The van der Waals surface area contributed by atoms with Gasteiger partial charge in [0, 0.05) is 18.0 Å². The second kappa shape index (κ2) is 5.75. The Morgan fingerprint density at radius 1 is 1.08 bits per heavy atom. The zero-order valence-electron chi connectivity index (χ0n) is 14.4. The van der Waals surface area contributed by atoms with E-state index in [1.54, 1.807) is 17.8 Å². The standard InChI is InChI=1S/C18H19F3N4/c1-17(2,3)15-9-14(25(4)24-15)16-22-10-13(23-16)11-7-5-6-8-12(11)18(19,20)21/h5-10H,1-4H3,(H,22,23). The number of alkyl halides is 3. The fourth-order valence-electron chi connectivity index (χ4n) is 2.61. The first kappa shape index (κ1) is 17.3. The van der Waals surface area contributed by atoms with Crippen molar-refractivity contribution in [3.05, 3.63) is 47.8 Å². The minimum atomic E-state index is -4.42. The summed E-state index contributed by atoms with van der Waals surface area (Å²) in [5, 5.41) is 4.47. The van der Waals surface area contributed by atoms with E-state index in [-0.39, 0.29) is 11.0 Å². The van der Waals surface area contributed by atoms with E-state index in [4.69, 9.17) is 0 Å². The summed E-state index contributed by atoms with van der Waals surface area (Å²) in [6.07, 6.45) is -3.00. The first-order chi connectivity index (χ1) is 11.6. The van der Waals surface area contributed by atoms with Crippen molar-refractivity contribution in [1.29, 1.82) is 0 Å². The van der Waals surface area contributed by atoms with Crippen molar-refractivity contribution in [2.24, 2.45) is 7.05 Å². The molecule has 0 aliphatic carbocycles. The molecule has 3 aromatic rings. The van der Waals surface area contributed by atoms with Gasteiger partial charge in [0.15, 0.2) is 5.82 Å². The molecule has 132 valence electrons. The molecule has 0 atom stereocenters. The summed E-state index contributed by atoms with van der Waals surface area (Å²) in [4.78, 5) is 7.25. The van der Waals surface area contributed by atoms with Crippen LogP contribution in [-0.4, -0.2) is 19.7 Å². The molecule has 2 aromatic heterocycles. The van der Waals surface area contributed by atoms with Crippen molar-refractivity contribution in [1.82, 2.24) is 19.7 Å². The summed E-state index contributed by atoms with van der Waals surface area (Å²) in [6.45, 7) is 6.14. The molecule has 1 N–H and O–H groups in total. The number of rotatable bonds is 2. The monoisotopic (exact) mass is 348 g/mol. The molecule has 25 heavy (non-hydrogen) atoms. The molecule has 0 saturated carbocycles. The van der Waals surface area contributed by atoms with E-state index in [0.717, 1.165) is 17.5 Å². The highest BCUT2D eigenvalue weighted by Crippen LogP contribution is 2.37. The summed E-state index contributed by atoms with van der Waals surface area (Å²) in [7, 11) is 1.79. The third kappa shape index (κ3) is 3.31. The molecule has 0 saturated heterocycles. The van der Waals surface area contributed by atoms with E-state index >= 15 is 0 Å². The highest BCUT2D eigenvalue weighted by molar-refractivity contribution is 5.67. The van der Waals surface area contributed by atoms with Crippen LogP contribution in [0.2, 0.25) is 0 Å². The lowest BCUT2D eigenvalue weighted by molar-refractivity contribution is -0.137. The smallest absolute Gasteiger partial charge is 0.337 e. The highest BCUT2D eigenvalue weighted by Gasteiger charge is 2.33. The Kier molecular flexibility index (Phi) is 3.97. The largest absolute Gasteiger partial charge is 0.417 e. The van der Waals surface area contributed by atoms with Gasteiger partial charge in [-0.2, -0.15) is 18.3 Å². The molecule has 0 radical (unpaired) electrons. The predicted octanol–water partition coefficient (Wildman–Crippen LogP) is 4.79. The zero-order valence-corrected chi connectivity index (χ0v) is 14.4. The molecule has 2 heterocycles. The second-order valence-corrected chi connectivity index (χ2v) is 6.98. The van der Waals surface area contributed by atoms with E-state index in [1.807, 2.05) is 26.8 Å². The van der Waals surface area contributed by atoms with Gasteiger partial charge >= 0.3 is 6.18 Å². The molecule has 3 rings (SSSR count). The maximum absolute atomic E-state index is 13.2. The zero-order chi connectivity index (χ0) is 18.4. The van der Waals surface area contributed by atoms with Gasteiger partial charge < -0.3 is 4.98 Å². The van der Waals surface area contributed by atoms with Gasteiger partial charge in [0.1, 0.15) is 5.69 Å². The fraction of sp³-hybridized carbons (Fsp3) is 0.333. The van der Waals surface area contributed by atoms with Crippen LogP contribution in [0, 0.1) is 0 Å². The molecule has 4 nitrogen and oxygen atoms in total. The summed E-state index contributed by atoms with van der Waals surface area (Å²) in [5.74, 6) is 0.484. The van der Waals surface area contributed by atoms with Crippen molar-refractivity contribution in [2.45, 2.75) is 32.4 Å². The van der Waals surface area contributed by atoms with Gasteiger partial charge in [-0.3, -0.25) is 4.68 Å². The van der Waals surface area contributed by atoms with Crippen LogP contribution in [0.3, 0.4) is 0 Å². The number of hydrogen-bond acceptors (Lipinski definition) is 2. The topological polar surface area (TPSA) is 46.5 Å². The number of aromatic nitrogens is 4. The number of hydrogen-bond donors (Lipinski definition) is 1. The number of imidazole rings is 1. The van der Waals surface area contributed by atoms with Crippen LogP contribution in [0.4, 0.5) is 13.2 Å². The average Bonchev–Trinajstić information content (AvgIpc) is 3.12. The van der Waals surface area contributed by atoms with E-state index in [9.17, 15) is 13.2 Å². The maximum Gasteiger partial charge on any atom is 0.417 e. The Labute approximate surface area is 143 Å². The quantitative estimate of drug-likeness (QED) is 0.723. The van der Waals surface area contributed by atoms with Gasteiger partial charge in [-0.15, -0.1) is 0 Å². The molecule has 1 aromatic carbocycles. The number of halogens is 3. The Morgan fingerprint density at radius 3 is 2.36 bits per heavy atom. The summed E-state index contributed by atoms with van der Waals surface area (Å²) >= 11 is 0. The fourth-order valence-corrected chi connectivity index (χ4v) is 2.61. The average molecular weight is 348 g/mol. The molecule has 0 amide bonds. The number of benzene rings is 1. The minimum absolute atomic E-state index is 0.0759. The molecule has 7 heteroatoms. The van der Waals surface area contributed by atoms with Crippen LogP contribution in [0.15, 0.2) is 36.5 Å². The molecule has 0 spiro atoms. The summed E-state index contributed by atoms with van der Waals surface area (Å²) in [6, 6.07) is 7.35. The van der Waals surface area contributed by atoms with Crippen LogP contribution in [0.5, 0.6) is 0 Å². The van der Waals surface area contributed by atoms with E-state index in [0.29, 0.717) is 11.5 Å². The Balaban J connectivity index is 2.04. The normalized spacial score (nSPS) is 12.6. The predicted molar refractivity (Wildman–Crippen MR) is 89.9 cm³/mol.